The summed E-state index contributed by atoms with van der Waals surface area (Å²) in [6.07, 6.45) is 0. The minimum absolute atomic E-state index is 0.107. The van der Waals surface area contributed by atoms with Crippen molar-refractivity contribution in [2.45, 2.75) is 24.2 Å². The van der Waals surface area contributed by atoms with Crippen LogP contribution in [0.25, 0.3) is 0 Å². The zero-order valence-electron chi connectivity index (χ0n) is 18.0. The van der Waals surface area contributed by atoms with Crippen molar-refractivity contribution < 1.29 is 13.2 Å². The van der Waals surface area contributed by atoms with Crippen molar-refractivity contribution in [3.8, 4) is 0 Å². The van der Waals surface area contributed by atoms with E-state index in [2.05, 4.69) is 20.2 Å². The van der Waals surface area contributed by atoms with E-state index in [0.717, 1.165) is 33.6 Å². The number of carbonyl (C=O) groups is 1. The van der Waals surface area contributed by atoms with Gasteiger partial charge in [-0.3, -0.25) is 10.1 Å². The fourth-order valence-corrected chi connectivity index (χ4v) is 5.42. The van der Waals surface area contributed by atoms with Crippen molar-refractivity contribution in [2.75, 3.05) is 5.32 Å². The molecule has 7 nitrogen and oxygen atoms in total. The highest BCUT2D eigenvalue weighted by Crippen LogP contribution is 2.27. The first-order valence-electron chi connectivity index (χ1n) is 10.2. The molecule has 0 bridgehead atoms. The topological polar surface area (TPSA) is 101 Å². The van der Waals surface area contributed by atoms with Crippen molar-refractivity contribution in [1.29, 1.82) is 0 Å². The lowest BCUT2D eigenvalue weighted by Crippen LogP contribution is -2.29. The average molecular weight is 479 g/mol. The number of benzene rings is 3. The Kier molecular flexibility index (Phi) is 6.64. The molecule has 0 fully saturated rings. The number of hydrogen-bond donors (Lipinski definition) is 2. The molecule has 4 aromatic rings. The molecule has 3 aromatic carbocycles. The Morgan fingerprint density at radius 3 is 2.18 bits per heavy atom. The Hall–Kier alpha value is -3.40. The lowest BCUT2D eigenvalue weighted by Gasteiger charge is -2.19. The fourth-order valence-electron chi connectivity index (χ4n) is 3.30. The zero-order valence-corrected chi connectivity index (χ0v) is 19.7. The van der Waals surface area contributed by atoms with E-state index < -0.39 is 16.1 Å². The van der Waals surface area contributed by atoms with Crippen molar-refractivity contribution >= 4 is 32.4 Å². The molecule has 4 rings (SSSR count). The van der Waals surface area contributed by atoms with Gasteiger partial charge < -0.3 is 0 Å². The number of aryl methyl sites for hydroxylation is 2. The smallest absolute Gasteiger partial charge is 0.270 e. The third kappa shape index (κ3) is 5.33. The molecule has 0 saturated carbocycles. The number of amides is 1. The first kappa shape index (κ1) is 22.8. The number of hydrogen-bond acceptors (Lipinski definition) is 6. The molecular formula is C24H22N4O3S2. The van der Waals surface area contributed by atoms with Gasteiger partial charge in [0, 0.05) is 5.56 Å². The average Bonchev–Trinajstić information content (AvgIpc) is 3.28. The van der Waals surface area contributed by atoms with Crippen LogP contribution < -0.4 is 10.0 Å². The SMILES string of the molecule is Cc1ccc([C@H](NS(=O)(=O)c2nnc(NC(=O)c3ccccc3C)s2)c2ccccc2)cc1. The highest BCUT2D eigenvalue weighted by Gasteiger charge is 2.27. The van der Waals surface area contributed by atoms with Crippen LogP contribution in [0, 0.1) is 13.8 Å². The number of nitrogens with zero attached hydrogens (tertiary/aromatic N) is 2. The molecule has 1 amide bonds. The lowest BCUT2D eigenvalue weighted by atomic mass is 9.99. The van der Waals surface area contributed by atoms with Crippen LogP contribution in [0.1, 0.15) is 38.7 Å². The van der Waals surface area contributed by atoms with E-state index in [1.807, 2.05) is 80.6 Å². The number of rotatable bonds is 7. The molecule has 0 spiro atoms. The molecule has 9 heteroatoms. The standard InChI is InChI=1S/C24H22N4O3S2/c1-16-12-14-19(15-13-16)21(18-9-4-3-5-10-18)28-33(30,31)24-27-26-23(32-24)25-22(29)20-11-7-6-8-17(20)2/h3-15,21,28H,1-2H3,(H,25,26,29)/t21-/m1/s1. The Labute approximate surface area is 196 Å². The third-order valence-electron chi connectivity index (χ3n) is 5.06. The van der Waals surface area contributed by atoms with Crippen LogP contribution in [0.5, 0.6) is 0 Å². The third-order valence-corrected chi connectivity index (χ3v) is 7.69. The van der Waals surface area contributed by atoms with E-state index in [1.54, 1.807) is 12.1 Å². The van der Waals surface area contributed by atoms with Crippen LogP contribution in [0.15, 0.2) is 83.2 Å². The number of nitrogens with one attached hydrogen (secondary N) is 2. The fraction of sp³-hybridized carbons (Fsp3) is 0.125. The second-order valence-electron chi connectivity index (χ2n) is 7.52. The van der Waals surface area contributed by atoms with Gasteiger partial charge in [0.2, 0.25) is 9.47 Å². The predicted molar refractivity (Wildman–Crippen MR) is 129 cm³/mol. The van der Waals surface area contributed by atoms with Gasteiger partial charge in [-0.25, -0.2) is 8.42 Å². The number of carbonyl (C=O) groups excluding carboxylic acids is 1. The number of sulfonamides is 1. The number of aromatic nitrogens is 2. The van der Waals surface area contributed by atoms with Gasteiger partial charge in [-0.15, -0.1) is 10.2 Å². The molecule has 1 atom stereocenters. The summed E-state index contributed by atoms with van der Waals surface area (Å²) in [5.41, 5.74) is 3.96. The summed E-state index contributed by atoms with van der Waals surface area (Å²) in [5, 5.41) is 10.4. The summed E-state index contributed by atoms with van der Waals surface area (Å²) in [4.78, 5) is 12.5. The minimum atomic E-state index is -4.01. The van der Waals surface area contributed by atoms with Gasteiger partial charge in [0.1, 0.15) is 0 Å². The molecule has 33 heavy (non-hydrogen) atoms. The predicted octanol–water partition coefficient (Wildman–Crippen LogP) is 4.48. The van der Waals surface area contributed by atoms with Crippen molar-refractivity contribution in [3.63, 3.8) is 0 Å². The zero-order chi connectivity index (χ0) is 23.4. The van der Waals surface area contributed by atoms with Crippen molar-refractivity contribution in [2.24, 2.45) is 0 Å². The Morgan fingerprint density at radius 2 is 1.48 bits per heavy atom. The molecule has 168 valence electrons. The monoisotopic (exact) mass is 478 g/mol. The molecule has 0 radical (unpaired) electrons. The Bertz CT molecular complexity index is 1370. The van der Waals surface area contributed by atoms with Gasteiger partial charge in [-0.05, 0) is 36.6 Å². The highest BCUT2D eigenvalue weighted by molar-refractivity contribution is 7.91. The summed E-state index contributed by atoms with van der Waals surface area (Å²) in [6, 6.07) is 23.5. The summed E-state index contributed by atoms with van der Waals surface area (Å²) in [7, 11) is -4.01. The van der Waals surface area contributed by atoms with E-state index in [0.29, 0.717) is 5.56 Å². The van der Waals surface area contributed by atoms with Gasteiger partial charge in [-0.2, -0.15) is 4.72 Å². The molecule has 0 aliphatic rings. The van der Waals surface area contributed by atoms with Gasteiger partial charge in [0.25, 0.3) is 15.9 Å². The summed E-state index contributed by atoms with van der Waals surface area (Å²) >= 11 is 0.799. The second-order valence-corrected chi connectivity index (χ2v) is 10.4. The summed E-state index contributed by atoms with van der Waals surface area (Å²) < 4.78 is 28.8. The highest BCUT2D eigenvalue weighted by atomic mass is 32.2. The van der Waals surface area contributed by atoms with Crippen LogP contribution in [0.3, 0.4) is 0 Å². The molecule has 0 saturated heterocycles. The van der Waals surface area contributed by atoms with Gasteiger partial charge >= 0.3 is 0 Å². The largest absolute Gasteiger partial charge is 0.296 e. The second kappa shape index (κ2) is 9.62. The first-order chi connectivity index (χ1) is 15.8. The van der Waals surface area contributed by atoms with Gasteiger partial charge in [0.05, 0.1) is 6.04 Å². The van der Waals surface area contributed by atoms with Crippen LogP contribution in [0.2, 0.25) is 0 Å². The summed E-state index contributed by atoms with van der Waals surface area (Å²) in [6.45, 7) is 3.79. The maximum atomic E-state index is 13.2. The van der Waals surface area contributed by atoms with E-state index in [9.17, 15) is 13.2 Å². The molecule has 0 unspecified atom stereocenters. The van der Waals surface area contributed by atoms with E-state index in [1.165, 1.54) is 0 Å². The van der Waals surface area contributed by atoms with Gasteiger partial charge in [-0.1, -0.05) is 89.7 Å². The maximum Gasteiger partial charge on any atom is 0.270 e. The lowest BCUT2D eigenvalue weighted by molar-refractivity contribution is 0.102. The van der Waals surface area contributed by atoms with Crippen molar-refractivity contribution in [3.05, 3.63) is 107 Å². The molecule has 0 aliphatic heterocycles. The van der Waals surface area contributed by atoms with E-state index >= 15 is 0 Å². The Morgan fingerprint density at radius 1 is 0.848 bits per heavy atom. The van der Waals surface area contributed by atoms with Crippen LogP contribution >= 0.6 is 11.3 Å². The summed E-state index contributed by atoms with van der Waals surface area (Å²) in [5.74, 6) is -0.372. The molecule has 2 N–H and O–H groups in total. The van der Waals surface area contributed by atoms with Crippen LogP contribution in [-0.2, 0) is 10.0 Å². The molecule has 1 heterocycles. The van der Waals surface area contributed by atoms with Gasteiger partial charge in [0.15, 0.2) is 0 Å². The van der Waals surface area contributed by atoms with Crippen LogP contribution in [0.4, 0.5) is 5.13 Å². The Balaban J connectivity index is 1.58. The van der Waals surface area contributed by atoms with Crippen LogP contribution in [-0.4, -0.2) is 24.5 Å². The quantitative estimate of drug-likeness (QED) is 0.382. The molecular weight excluding hydrogens is 456 g/mol. The first-order valence-corrected chi connectivity index (χ1v) is 12.5. The molecule has 0 aliphatic carbocycles. The number of anilines is 1. The minimum Gasteiger partial charge on any atom is -0.296 e. The normalized spacial score (nSPS) is 12.3. The maximum absolute atomic E-state index is 13.2. The van der Waals surface area contributed by atoms with E-state index in [-0.39, 0.29) is 15.4 Å². The van der Waals surface area contributed by atoms with E-state index in [4.69, 9.17) is 0 Å². The molecule has 1 aromatic heterocycles. The van der Waals surface area contributed by atoms with Crippen molar-refractivity contribution in [1.82, 2.24) is 14.9 Å².